The van der Waals surface area contributed by atoms with Gasteiger partial charge in [-0.1, -0.05) is 25.5 Å². The van der Waals surface area contributed by atoms with Crippen molar-refractivity contribution in [3.8, 4) is 5.75 Å². The average molecular weight is 498 g/mol. The lowest BCUT2D eigenvalue weighted by Crippen LogP contribution is -2.45. The highest BCUT2D eigenvalue weighted by molar-refractivity contribution is 5.79. The highest BCUT2D eigenvalue weighted by atomic mass is 16.5. The Kier molecular flexibility index (Phi) is 8.98. The molecule has 2 aliphatic heterocycles. The third-order valence-corrected chi connectivity index (χ3v) is 7.52. The first-order chi connectivity index (χ1) is 17.5. The fourth-order valence-corrected chi connectivity index (χ4v) is 5.59. The lowest BCUT2D eigenvalue weighted by Gasteiger charge is -2.30. The molecule has 2 aromatic rings. The van der Waals surface area contributed by atoms with Crippen LogP contribution >= 0.6 is 0 Å². The molecule has 1 aromatic heterocycles. The van der Waals surface area contributed by atoms with Gasteiger partial charge in [0.25, 0.3) is 0 Å². The number of ether oxygens (including phenoxy) is 1. The van der Waals surface area contributed by atoms with Crippen LogP contribution in [0.2, 0.25) is 0 Å². The molecule has 3 heterocycles. The van der Waals surface area contributed by atoms with Crippen LogP contribution < -0.4 is 10.5 Å². The monoisotopic (exact) mass is 497 g/mol. The zero-order valence-electron chi connectivity index (χ0n) is 21.2. The molecule has 196 valence electrons. The van der Waals surface area contributed by atoms with Gasteiger partial charge in [-0.15, -0.1) is 0 Å². The second-order valence-electron chi connectivity index (χ2n) is 9.90. The molecule has 1 fully saturated rings. The molecule has 3 unspecified atom stereocenters. The first-order valence-corrected chi connectivity index (χ1v) is 13.2. The molecule has 0 spiro atoms. The van der Waals surface area contributed by atoms with Crippen molar-refractivity contribution in [2.24, 2.45) is 11.7 Å². The molecule has 1 amide bonds. The van der Waals surface area contributed by atoms with Gasteiger partial charge >= 0.3 is 5.97 Å². The minimum absolute atomic E-state index is 0.0525. The normalized spacial score (nSPS) is 21.3. The minimum atomic E-state index is -0.812. The molecule has 0 bridgehead atoms. The number of likely N-dealkylation sites (tertiary alicyclic amines) is 1. The summed E-state index contributed by atoms with van der Waals surface area (Å²) in [6.07, 6.45) is 9.54. The van der Waals surface area contributed by atoms with Crippen LogP contribution in [-0.2, 0) is 22.6 Å². The van der Waals surface area contributed by atoms with Gasteiger partial charge in [-0.2, -0.15) is 0 Å². The van der Waals surface area contributed by atoms with Crippen molar-refractivity contribution in [3.63, 3.8) is 0 Å². The second kappa shape index (κ2) is 12.4. The van der Waals surface area contributed by atoms with Crippen LogP contribution in [0.4, 0.5) is 0 Å². The summed E-state index contributed by atoms with van der Waals surface area (Å²) in [6, 6.07) is 5.81. The minimum Gasteiger partial charge on any atom is -0.493 e. The number of amides is 1. The van der Waals surface area contributed by atoms with E-state index in [1.807, 2.05) is 27.8 Å². The fraction of sp³-hybridized carbons (Fsp3) is 0.593. The number of imidazole rings is 1. The van der Waals surface area contributed by atoms with E-state index in [2.05, 4.69) is 22.9 Å². The van der Waals surface area contributed by atoms with Gasteiger partial charge < -0.3 is 25.0 Å². The number of rotatable bonds is 13. The lowest BCUT2D eigenvalue weighted by atomic mass is 9.83. The summed E-state index contributed by atoms with van der Waals surface area (Å²) < 4.78 is 7.63. The first kappa shape index (κ1) is 26.2. The summed E-state index contributed by atoms with van der Waals surface area (Å²) in [6.45, 7) is 6.07. The van der Waals surface area contributed by atoms with Crippen LogP contribution in [0.5, 0.6) is 5.75 Å². The SMILES string of the molecule is CCCCN(CCCN)C(=O)CN1CC(c2ccc3c(c2)CCO3)C(C(=O)O)C1CCn1ccnc1. The maximum atomic E-state index is 13.4. The van der Waals surface area contributed by atoms with Crippen molar-refractivity contribution in [1.82, 2.24) is 19.4 Å². The number of aromatic nitrogens is 2. The molecule has 36 heavy (non-hydrogen) atoms. The third-order valence-electron chi connectivity index (χ3n) is 7.52. The van der Waals surface area contributed by atoms with Gasteiger partial charge in [0.05, 0.1) is 25.4 Å². The van der Waals surface area contributed by atoms with Gasteiger partial charge in [-0.3, -0.25) is 14.5 Å². The molecule has 3 N–H and O–H groups in total. The molecular weight excluding hydrogens is 458 g/mol. The number of nitrogens with two attached hydrogens (primary N) is 1. The van der Waals surface area contributed by atoms with Crippen molar-refractivity contribution in [1.29, 1.82) is 0 Å². The quantitative estimate of drug-likeness (QED) is 0.437. The predicted molar refractivity (Wildman–Crippen MR) is 137 cm³/mol. The van der Waals surface area contributed by atoms with Crippen LogP contribution in [0, 0.1) is 5.92 Å². The molecule has 0 aliphatic carbocycles. The van der Waals surface area contributed by atoms with E-state index in [0.717, 1.165) is 42.6 Å². The van der Waals surface area contributed by atoms with Gasteiger partial charge in [0.2, 0.25) is 5.91 Å². The number of benzene rings is 1. The van der Waals surface area contributed by atoms with Crippen LogP contribution in [0.25, 0.3) is 0 Å². The Labute approximate surface area is 213 Å². The van der Waals surface area contributed by atoms with Crippen molar-refractivity contribution in [2.75, 3.05) is 39.3 Å². The van der Waals surface area contributed by atoms with Crippen LogP contribution in [-0.4, -0.2) is 81.7 Å². The van der Waals surface area contributed by atoms with Gasteiger partial charge in [-0.25, -0.2) is 4.98 Å². The van der Waals surface area contributed by atoms with Crippen molar-refractivity contribution in [2.45, 2.75) is 57.5 Å². The van der Waals surface area contributed by atoms with E-state index in [9.17, 15) is 14.7 Å². The van der Waals surface area contributed by atoms with Crippen LogP contribution in [0.3, 0.4) is 0 Å². The lowest BCUT2D eigenvalue weighted by molar-refractivity contribution is -0.144. The van der Waals surface area contributed by atoms with E-state index < -0.39 is 11.9 Å². The van der Waals surface area contributed by atoms with Crippen LogP contribution in [0.1, 0.15) is 49.7 Å². The van der Waals surface area contributed by atoms with Gasteiger partial charge in [0.1, 0.15) is 5.75 Å². The van der Waals surface area contributed by atoms with Crippen LogP contribution in [0.15, 0.2) is 36.9 Å². The summed E-state index contributed by atoms with van der Waals surface area (Å²) in [4.78, 5) is 34.2. The van der Waals surface area contributed by atoms with Crippen molar-refractivity contribution >= 4 is 11.9 Å². The number of nitrogens with zero attached hydrogens (tertiary/aromatic N) is 4. The number of unbranched alkanes of at least 4 members (excludes halogenated alkanes) is 1. The maximum absolute atomic E-state index is 13.4. The number of aryl methyl sites for hydroxylation is 1. The Morgan fingerprint density at radius 3 is 2.83 bits per heavy atom. The van der Waals surface area contributed by atoms with Gasteiger partial charge in [0.15, 0.2) is 0 Å². The average Bonchev–Trinajstić information content (AvgIpc) is 3.62. The highest BCUT2D eigenvalue weighted by Crippen LogP contribution is 2.41. The zero-order chi connectivity index (χ0) is 25.5. The predicted octanol–water partition coefficient (Wildman–Crippen LogP) is 2.35. The topological polar surface area (TPSA) is 114 Å². The van der Waals surface area contributed by atoms with Gasteiger partial charge in [-0.05, 0) is 43.0 Å². The summed E-state index contributed by atoms with van der Waals surface area (Å²) in [5.74, 6) is -0.666. The fourth-order valence-electron chi connectivity index (χ4n) is 5.59. The molecule has 1 saturated heterocycles. The molecule has 0 radical (unpaired) electrons. The molecule has 9 nitrogen and oxygen atoms in total. The van der Waals surface area contributed by atoms with E-state index >= 15 is 0 Å². The zero-order valence-corrected chi connectivity index (χ0v) is 21.2. The smallest absolute Gasteiger partial charge is 0.308 e. The molecule has 0 saturated carbocycles. The molecule has 3 atom stereocenters. The maximum Gasteiger partial charge on any atom is 0.308 e. The molecule has 4 rings (SSSR count). The number of fused-ring (bicyclic) bond motifs is 1. The number of carboxylic acids is 1. The summed E-state index contributed by atoms with van der Waals surface area (Å²) in [5, 5.41) is 10.4. The molecular formula is C27H39N5O4. The van der Waals surface area contributed by atoms with E-state index in [-0.39, 0.29) is 24.4 Å². The molecule has 1 aromatic carbocycles. The van der Waals surface area contributed by atoms with Crippen molar-refractivity contribution < 1.29 is 19.4 Å². The summed E-state index contributed by atoms with van der Waals surface area (Å²) in [5.41, 5.74) is 7.87. The Morgan fingerprint density at radius 1 is 1.28 bits per heavy atom. The van der Waals surface area contributed by atoms with E-state index in [0.29, 0.717) is 45.8 Å². The first-order valence-electron chi connectivity index (χ1n) is 13.2. The molecule has 9 heteroatoms. The van der Waals surface area contributed by atoms with E-state index in [1.165, 1.54) is 0 Å². The Hall–Kier alpha value is -2.91. The largest absolute Gasteiger partial charge is 0.493 e. The third kappa shape index (κ3) is 6.07. The number of hydrogen-bond donors (Lipinski definition) is 2. The van der Waals surface area contributed by atoms with E-state index in [1.54, 1.807) is 12.5 Å². The number of aliphatic carboxylic acids is 1. The number of hydrogen-bond acceptors (Lipinski definition) is 6. The number of carbonyl (C=O) groups is 2. The Morgan fingerprint density at radius 2 is 2.11 bits per heavy atom. The summed E-state index contributed by atoms with van der Waals surface area (Å²) >= 11 is 0. The van der Waals surface area contributed by atoms with Gasteiger partial charge in [0, 0.05) is 57.0 Å². The standard InChI is InChI=1S/C27H39N5O4/c1-2-3-11-31(12-4-9-28)25(33)18-32-17-22(20-5-6-24-21(16-20)8-15-36-24)26(27(34)35)23(32)7-13-30-14-10-29-19-30/h5-6,10,14,16,19,22-23,26H,2-4,7-9,11-13,15,17-18,28H2,1H3,(H,34,35). The Bertz CT molecular complexity index is 1000. The number of carboxylic acid groups (broad SMARTS) is 1. The second-order valence-corrected chi connectivity index (χ2v) is 9.90. The highest BCUT2D eigenvalue weighted by Gasteiger charge is 2.47. The Balaban J connectivity index is 1.58. The molecule has 2 aliphatic rings. The number of carbonyl (C=O) groups excluding carboxylic acids is 1. The van der Waals surface area contributed by atoms with E-state index in [4.69, 9.17) is 10.5 Å². The summed E-state index contributed by atoms with van der Waals surface area (Å²) in [7, 11) is 0. The van der Waals surface area contributed by atoms with Crippen molar-refractivity contribution in [3.05, 3.63) is 48.0 Å².